The molecule has 0 spiro atoms. The summed E-state index contributed by atoms with van der Waals surface area (Å²) in [6.07, 6.45) is 1.85. The fourth-order valence-electron chi connectivity index (χ4n) is 4.07. The van der Waals surface area contributed by atoms with Gasteiger partial charge in [-0.25, -0.2) is 8.91 Å². The van der Waals surface area contributed by atoms with Crippen LogP contribution in [0.15, 0.2) is 36.7 Å². The fourth-order valence-corrected chi connectivity index (χ4v) is 4.07. The number of halogens is 1. The lowest BCUT2D eigenvalue weighted by molar-refractivity contribution is -0.00177. The van der Waals surface area contributed by atoms with E-state index in [2.05, 4.69) is 26.8 Å². The zero-order valence-corrected chi connectivity index (χ0v) is 19.2. The molecule has 0 unspecified atom stereocenters. The van der Waals surface area contributed by atoms with Gasteiger partial charge in [0.05, 0.1) is 58.2 Å². The molecule has 1 aliphatic rings. The molecule has 0 saturated heterocycles. The van der Waals surface area contributed by atoms with Crippen LogP contribution in [0.25, 0.3) is 16.9 Å². The Morgan fingerprint density at radius 3 is 2.76 bits per heavy atom. The smallest absolute Gasteiger partial charge is 0.255 e. The second kappa shape index (κ2) is 8.66. The lowest BCUT2D eigenvalue weighted by Crippen LogP contribution is -2.51. The lowest BCUT2D eigenvalue weighted by atomic mass is 9.75. The number of rotatable bonds is 7. The van der Waals surface area contributed by atoms with E-state index in [4.69, 9.17) is 5.26 Å². The van der Waals surface area contributed by atoms with Crippen molar-refractivity contribution in [1.29, 1.82) is 5.26 Å². The van der Waals surface area contributed by atoms with Crippen LogP contribution in [0.5, 0.6) is 0 Å². The van der Waals surface area contributed by atoms with Gasteiger partial charge < -0.3 is 20.8 Å². The molecule has 1 aliphatic carbocycles. The Morgan fingerprint density at radius 1 is 1.38 bits per heavy atom. The minimum atomic E-state index is -1.64. The Labute approximate surface area is 196 Å². The zero-order valence-electron chi connectivity index (χ0n) is 19.2. The number of hydrogen-bond donors (Lipinski definition) is 4. The highest BCUT2D eigenvalue weighted by Crippen LogP contribution is 2.37. The van der Waals surface area contributed by atoms with E-state index in [1.807, 2.05) is 19.1 Å². The number of aromatic nitrogens is 3. The number of carbonyl (C=O) groups is 1. The Kier molecular flexibility index (Phi) is 6.02. The molecular formula is C24H27FN6O3. The van der Waals surface area contributed by atoms with Gasteiger partial charge in [0.15, 0.2) is 0 Å². The highest BCUT2D eigenvalue weighted by molar-refractivity contribution is 6.00. The van der Waals surface area contributed by atoms with E-state index in [1.54, 1.807) is 16.6 Å². The van der Waals surface area contributed by atoms with Crippen molar-refractivity contribution >= 4 is 17.1 Å². The number of nitrogens with one attached hydrogen (secondary N) is 2. The van der Waals surface area contributed by atoms with Crippen molar-refractivity contribution in [2.45, 2.75) is 57.0 Å². The molecule has 1 fully saturated rings. The van der Waals surface area contributed by atoms with E-state index in [-0.39, 0.29) is 12.1 Å². The van der Waals surface area contributed by atoms with Crippen molar-refractivity contribution < 1.29 is 19.4 Å². The molecule has 3 heterocycles. The number of alkyl halides is 1. The molecule has 1 atom stereocenters. The third kappa shape index (κ3) is 4.71. The van der Waals surface area contributed by atoms with Gasteiger partial charge in [0, 0.05) is 11.7 Å². The van der Waals surface area contributed by atoms with E-state index in [0.717, 1.165) is 5.52 Å². The monoisotopic (exact) mass is 466 g/mol. The molecule has 34 heavy (non-hydrogen) atoms. The molecule has 4 rings (SSSR count). The third-order valence-electron chi connectivity index (χ3n) is 6.06. The quantitative estimate of drug-likeness (QED) is 0.420. The SMILES string of the molecule is CC(C)(O)[C@H](F)CNC(=O)c1cnc(-c2ccc3cc(C#N)cnn23)cc1N[C@]1(C)C[C@H](O)C1. The number of anilines is 1. The molecule has 0 aliphatic heterocycles. The Bertz CT molecular complexity index is 1270. The Hall–Kier alpha value is -3.55. The van der Waals surface area contributed by atoms with Gasteiger partial charge in [-0.15, -0.1) is 0 Å². The number of nitriles is 1. The van der Waals surface area contributed by atoms with E-state index < -0.39 is 29.3 Å². The van der Waals surface area contributed by atoms with Crippen LogP contribution in [0.3, 0.4) is 0 Å². The van der Waals surface area contributed by atoms with Crippen molar-refractivity contribution in [3.05, 3.63) is 47.8 Å². The highest BCUT2D eigenvalue weighted by Gasteiger charge is 2.40. The van der Waals surface area contributed by atoms with Crippen LogP contribution in [0.1, 0.15) is 49.5 Å². The van der Waals surface area contributed by atoms with Gasteiger partial charge in [-0.2, -0.15) is 10.4 Å². The van der Waals surface area contributed by atoms with Crippen LogP contribution in [-0.4, -0.2) is 60.7 Å². The number of aliphatic hydroxyl groups is 2. The molecule has 1 amide bonds. The summed E-state index contributed by atoms with van der Waals surface area (Å²) < 4.78 is 15.8. The molecule has 178 valence electrons. The van der Waals surface area contributed by atoms with E-state index in [9.17, 15) is 19.4 Å². The van der Waals surface area contributed by atoms with Crippen LogP contribution >= 0.6 is 0 Å². The third-order valence-corrected chi connectivity index (χ3v) is 6.06. The summed E-state index contributed by atoms with van der Waals surface area (Å²) >= 11 is 0. The lowest BCUT2D eigenvalue weighted by Gasteiger charge is -2.44. The molecular weight excluding hydrogens is 439 g/mol. The van der Waals surface area contributed by atoms with Crippen LogP contribution in [0, 0.1) is 11.3 Å². The van der Waals surface area contributed by atoms with Crippen LogP contribution in [0.2, 0.25) is 0 Å². The maximum Gasteiger partial charge on any atom is 0.255 e. The Morgan fingerprint density at radius 2 is 2.12 bits per heavy atom. The highest BCUT2D eigenvalue weighted by atomic mass is 19.1. The van der Waals surface area contributed by atoms with Crippen molar-refractivity contribution in [2.75, 3.05) is 11.9 Å². The normalized spacial score (nSPS) is 20.9. The Balaban J connectivity index is 1.67. The summed E-state index contributed by atoms with van der Waals surface area (Å²) in [6, 6.07) is 9.13. The van der Waals surface area contributed by atoms with Gasteiger partial charge in [0.2, 0.25) is 0 Å². The molecule has 9 nitrogen and oxygen atoms in total. The maximum atomic E-state index is 14.2. The first-order valence-electron chi connectivity index (χ1n) is 11.0. The van der Waals surface area contributed by atoms with Gasteiger partial charge in [-0.1, -0.05) is 0 Å². The molecule has 0 radical (unpaired) electrons. The van der Waals surface area contributed by atoms with Gasteiger partial charge in [0.25, 0.3) is 5.91 Å². The van der Waals surface area contributed by atoms with Crippen molar-refractivity contribution in [3.8, 4) is 17.5 Å². The predicted molar refractivity (Wildman–Crippen MR) is 124 cm³/mol. The summed E-state index contributed by atoms with van der Waals surface area (Å²) in [7, 11) is 0. The summed E-state index contributed by atoms with van der Waals surface area (Å²) in [5.74, 6) is -0.534. The summed E-state index contributed by atoms with van der Waals surface area (Å²) in [6.45, 7) is 4.27. The maximum absolute atomic E-state index is 14.2. The number of fused-ring (bicyclic) bond motifs is 1. The number of pyridine rings is 1. The molecule has 0 aromatic carbocycles. The summed E-state index contributed by atoms with van der Waals surface area (Å²) in [5, 5.41) is 38.9. The topological polar surface area (TPSA) is 136 Å². The number of carbonyl (C=O) groups excluding carboxylic acids is 1. The fraction of sp³-hybridized carbons (Fsp3) is 0.417. The van der Waals surface area contributed by atoms with Gasteiger partial charge in [0.1, 0.15) is 12.2 Å². The average molecular weight is 467 g/mol. The van der Waals surface area contributed by atoms with E-state index in [1.165, 1.54) is 26.2 Å². The van der Waals surface area contributed by atoms with Gasteiger partial charge in [-0.3, -0.25) is 9.78 Å². The molecule has 3 aromatic rings. The summed E-state index contributed by atoms with van der Waals surface area (Å²) in [4.78, 5) is 17.3. The number of nitrogens with zero attached hydrogens (tertiary/aromatic N) is 4. The molecule has 1 saturated carbocycles. The molecule has 0 bridgehead atoms. The number of amides is 1. The van der Waals surface area contributed by atoms with Crippen molar-refractivity contribution in [3.63, 3.8) is 0 Å². The standard InChI is InChI=1S/C24H27FN6O3/c1-23(2,34)21(25)13-28-22(33)17-12-27-19(7-18(17)30-24(3)8-16(32)9-24)20-5-4-15-6-14(10-26)11-29-31(15)20/h4-7,11-12,16,21,32,34H,8-9,13H2,1-3H3,(H,27,30)(H,28,33)/t16-,21-,24+/m1/s1. The minimum absolute atomic E-state index is 0.217. The second-order valence-electron chi connectivity index (χ2n) is 9.61. The first kappa shape index (κ1) is 23.6. The van der Waals surface area contributed by atoms with E-state index in [0.29, 0.717) is 35.5 Å². The molecule has 4 N–H and O–H groups in total. The van der Waals surface area contributed by atoms with Crippen LogP contribution in [-0.2, 0) is 0 Å². The number of hydrogen-bond acceptors (Lipinski definition) is 7. The number of aliphatic hydroxyl groups excluding tert-OH is 1. The zero-order chi connectivity index (χ0) is 24.7. The van der Waals surface area contributed by atoms with Crippen molar-refractivity contribution in [1.82, 2.24) is 19.9 Å². The average Bonchev–Trinajstić information content (AvgIpc) is 3.18. The second-order valence-corrected chi connectivity index (χ2v) is 9.61. The van der Waals surface area contributed by atoms with Gasteiger partial charge in [-0.05, 0) is 57.9 Å². The predicted octanol–water partition coefficient (Wildman–Crippen LogP) is 2.43. The molecule has 3 aromatic heterocycles. The van der Waals surface area contributed by atoms with Crippen LogP contribution in [0.4, 0.5) is 10.1 Å². The first-order valence-corrected chi connectivity index (χ1v) is 11.0. The summed E-state index contributed by atoms with van der Waals surface area (Å²) in [5.41, 5.74) is 1.08. The van der Waals surface area contributed by atoms with Crippen LogP contribution < -0.4 is 10.6 Å². The van der Waals surface area contributed by atoms with E-state index >= 15 is 0 Å². The van der Waals surface area contributed by atoms with Gasteiger partial charge >= 0.3 is 0 Å². The largest absolute Gasteiger partial charge is 0.393 e. The molecule has 10 heteroatoms. The first-order chi connectivity index (χ1) is 16.0. The van der Waals surface area contributed by atoms with Crippen molar-refractivity contribution in [2.24, 2.45) is 0 Å². The minimum Gasteiger partial charge on any atom is -0.393 e.